The Kier molecular flexibility index (Phi) is 7.63. The Labute approximate surface area is 198 Å². The van der Waals surface area contributed by atoms with Crippen LogP contribution in [0.3, 0.4) is 0 Å². The highest BCUT2D eigenvalue weighted by molar-refractivity contribution is 6.83. The second kappa shape index (κ2) is 10.3. The number of benzene rings is 2. The third-order valence-corrected chi connectivity index (χ3v) is 6.81. The molecule has 2 aromatic carbocycles. The molecule has 172 valence electrons. The van der Waals surface area contributed by atoms with Crippen LogP contribution >= 0.6 is 0 Å². The summed E-state index contributed by atoms with van der Waals surface area (Å²) in [6, 6.07) is 15.1. The summed E-state index contributed by atoms with van der Waals surface area (Å²) in [6.07, 6.45) is 2.77. The standard InChI is InChI=1S/C27H33N3O2Si/c1-5-27(26(31)32,29-25-10-8-21(19-28)9-11-25)24-17-22(12-15-33(2,3)4)16-23(18-24)20-30-13-6-7-14-30/h8-11,16-18,29H,5-7,13-14,20H2,1-4H3,(H,31,32). The normalized spacial score (nSPS) is 15.7. The van der Waals surface area contributed by atoms with Crippen LogP contribution in [0.25, 0.3) is 0 Å². The molecule has 0 saturated carbocycles. The lowest BCUT2D eigenvalue weighted by Crippen LogP contribution is -2.43. The molecule has 1 fully saturated rings. The van der Waals surface area contributed by atoms with Gasteiger partial charge in [-0.3, -0.25) is 4.90 Å². The van der Waals surface area contributed by atoms with Gasteiger partial charge in [-0.05, 0) is 79.9 Å². The van der Waals surface area contributed by atoms with Gasteiger partial charge < -0.3 is 10.4 Å². The number of hydrogen-bond acceptors (Lipinski definition) is 4. The van der Waals surface area contributed by atoms with Gasteiger partial charge in [0.1, 0.15) is 8.07 Å². The molecule has 0 bridgehead atoms. The Balaban J connectivity index is 2.08. The first-order chi connectivity index (χ1) is 15.6. The second-order valence-corrected chi connectivity index (χ2v) is 14.5. The van der Waals surface area contributed by atoms with Crippen LogP contribution in [-0.4, -0.2) is 37.1 Å². The fraction of sp³-hybridized carbons (Fsp3) is 0.407. The number of nitrogens with zero attached hydrogens (tertiary/aromatic N) is 2. The minimum Gasteiger partial charge on any atom is -0.479 e. The van der Waals surface area contributed by atoms with E-state index in [0.717, 1.165) is 30.8 Å². The van der Waals surface area contributed by atoms with Gasteiger partial charge in [-0.15, -0.1) is 5.54 Å². The molecule has 1 unspecified atom stereocenters. The maximum atomic E-state index is 12.7. The van der Waals surface area contributed by atoms with Crippen molar-refractivity contribution in [1.82, 2.24) is 4.90 Å². The zero-order chi connectivity index (χ0) is 24.1. The van der Waals surface area contributed by atoms with Crippen LogP contribution in [0, 0.1) is 22.8 Å². The third kappa shape index (κ3) is 6.26. The summed E-state index contributed by atoms with van der Waals surface area (Å²) >= 11 is 0. The molecule has 0 aromatic heterocycles. The molecule has 6 heteroatoms. The van der Waals surface area contributed by atoms with Gasteiger partial charge in [0.25, 0.3) is 0 Å². The minimum atomic E-state index is -1.59. The predicted octanol–water partition coefficient (Wildman–Crippen LogP) is 5.18. The molecule has 1 aliphatic rings. The lowest BCUT2D eigenvalue weighted by atomic mass is 9.84. The number of hydrogen-bond donors (Lipinski definition) is 2. The number of likely N-dealkylation sites (tertiary alicyclic amines) is 1. The van der Waals surface area contributed by atoms with Crippen LogP contribution in [0.2, 0.25) is 19.6 Å². The summed E-state index contributed by atoms with van der Waals surface area (Å²) in [6.45, 7) is 11.4. The smallest absolute Gasteiger partial charge is 0.334 e. The molecular weight excluding hydrogens is 426 g/mol. The van der Waals surface area contributed by atoms with E-state index in [-0.39, 0.29) is 0 Å². The number of nitrogens with one attached hydrogen (secondary N) is 1. The van der Waals surface area contributed by atoms with Gasteiger partial charge >= 0.3 is 5.97 Å². The van der Waals surface area contributed by atoms with Crippen molar-refractivity contribution in [2.45, 2.75) is 57.9 Å². The lowest BCUT2D eigenvalue weighted by molar-refractivity contribution is -0.142. The van der Waals surface area contributed by atoms with Crippen molar-refractivity contribution in [3.63, 3.8) is 0 Å². The van der Waals surface area contributed by atoms with E-state index in [2.05, 4.69) is 53.5 Å². The van der Waals surface area contributed by atoms with Crippen LogP contribution in [-0.2, 0) is 16.9 Å². The van der Waals surface area contributed by atoms with Gasteiger partial charge in [-0.2, -0.15) is 5.26 Å². The Hall–Kier alpha value is -3.06. The number of carboxylic acids is 1. The molecule has 1 aliphatic heterocycles. The average Bonchev–Trinajstić information content (AvgIpc) is 3.28. The zero-order valence-corrected chi connectivity index (χ0v) is 21.0. The maximum absolute atomic E-state index is 12.7. The first-order valence-electron chi connectivity index (χ1n) is 11.6. The van der Waals surface area contributed by atoms with Crippen molar-refractivity contribution < 1.29 is 9.90 Å². The van der Waals surface area contributed by atoms with Gasteiger partial charge in [0.15, 0.2) is 5.54 Å². The Morgan fingerprint density at radius 1 is 1.12 bits per heavy atom. The first-order valence-corrected chi connectivity index (χ1v) is 15.1. The molecule has 1 saturated heterocycles. The number of carboxylic acid groups (broad SMARTS) is 1. The average molecular weight is 460 g/mol. The van der Waals surface area contributed by atoms with Gasteiger partial charge in [-0.25, -0.2) is 4.79 Å². The maximum Gasteiger partial charge on any atom is 0.334 e. The molecule has 1 atom stereocenters. The number of aliphatic carboxylic acids is 1. The first kappa shape index (κ1) is 24.6. The van der Waals surface area contributed by atoms with Crippen molar-refractivity contribution in [3.8, 4) is 17.5 Å². The van der Waals surface area contributed by atoms with Gasteiger partial charge in [-0.1, -0.05) is 38.6 Å². The van der Waals surface area contributed by atoms with E-state index in [1.54, 1.807) is 24.3 Å². The van der Waals surface area contributed by atoms with E-state index in [0.29, 0.717) is 23.2 Å². The molecular formula is C27H33N3O2Si. The summed E-state index contributed by atoms with van der Waals surface area (Å²) in [5, 5.41) is 22.8. The summed E-state index contributed by atoms with van der Waals surface area (Å²) in [4.78, 5) is 15.1. The number of carbonyl (C=O) groups is 1. The van der Waals surface area contributed by atoms with Gasteiger partial charge in [0.2, 0.25) is 0 Å². The van der Waals surface area contributed by atoms with Crippen molar-refractivity contribution in [2.24, 2.45) is 0 Å². The zero-order valence-electron chi connectivity index (χ0n) is 20.0. The molecule has 3 rings (SSSR count). The molecule has 5 nitrogen and oxygen atoms in total. The fourth-order valence-electron chi connectivity index (χ4n) is 4.13. The quantitative estimate of drug-likeness (QED) is 0.440. The van der Waals surface area contributed by atoms with Gasteiger partial charge in [0.05, 0.1) is 11.6 Å². The largest absolute Gasteiger partial charge is 0.479 e. The third-order valence-electron chi connectivity index (χ3n) is 5.94. The second-order valence-electron chi connectivity index (χ2n) is 9.78. The molecule has 2 N–H and O–H groups in total. The Morgan fingerprint density at radius 2 is 1.79 bits per heavy atom. The van der Waals surface area contributed by atoms with E-state index in [1.165, 1.54) is 12.8 Å². The van der Waals surface area contributed by atoms with E-state index >= 15 is 0 Å². The fourth-order valence-corrected chi connectivity index (χ4v) is 4.65. The summed E-state index contributed by atoms with van der Waals surface area (Å²) in [7, 11) is -1.59. The molecule has 2 aromatic rings. The SMILES string of the molecule is CCC(Nc1ccc(C#N)cc1)(C(=O)O)c1cc(C#C[Si](C)(C)C)cc(CN2CCCC2)c1. The highest BCUT2D eigenvalue weighted by Gasteiger charge is 2.39. The molecule has 0 spiro atoms. The number of rotatable bonds is 7. The summed E-state index contributed by atoms with van der Waals surface area (Å²) < 4.78 is 0. The molecule has 1 heterocycles. The van der Waals surface area contributed by atoms with Crippen molar-refractivity contribution >= 4 is 19.7 Å². The molecule has 0 amide bonds. The molecule has 0 radical (unpaired) electrons. The van der Waals surface area contributed by atoms with Crippen molar-refractivity contribution in [1.29, 1.82) is 5.26 Å². The van der Waals surface area contributed by atoms with Crippen LogP contribution in [0.5, 0.6) is 0 Å². The number of anilines is 1. The summed E-state index contributed by atoms with van der Waals surface area (Å²) in [5.74, 6) is 2.41. The van der Waals surface area contributed by atoms with Gasteiger partial charge in [0, 0.05) is 17.8 Å². The van der Waals surface area contributed by atoms with E-state index in [1.807, 2.05) is 19.1 Å². The predicted molar refractivity (Wildman–Crippen MR) is 136 cm³/mol. The molecule has 0 aliphatic carbocycles. The highest BCUT2D eigenvalue weighted by atomic mass is 28.3. The van der Waals surface area contributed by atoms with E-state index in [9.17, 15) is 9.90 Å². The van der Waals surface area contributed by atoms with Crippen LogP contribution in [0.1, 0.15) is 48.4 Å². The highest BCUT2D eigenvalue weighted by Crippen LogP contribution is 2.32. The van der Waals surface area contributed by atoms with E-state index in [4.69, 9.17) is 5.26 Å². The Bertz CT molecular complexity index is 1100. The topological polar surface area (TPSA) is 76.4 Å². The Morgan fingerprint density at radius 3 is 2.33 bits per heavy atom. The van der Waals surface area contributed by atoms with E-state index < -0.39 is 19.6 Å². The minimum absolute atomic E-state index is 0.358. The number of nitriles is 1. The van der Waals surface area contributed by atoms with Crippen molar-refractivity contribution in [2.75, 3.05) is 18.4 Å². The molecule has 33 heavy (non-hydrogen) atoms. The van der Waals surface area contributed by atoms with Crippen molar-refractivity contribution in [3.05, 3.63) is 64.7 Å². The van der Waals surface area contributed by atoms with Crippen LogP contribution in [0.15, 0.2) is 42.5 Å². The monoisotopic (exact) mass is 459 g/mol. The van der Waals surface area contributed by atoms with Crippen LogP contribution < -0.4 is 5.32 Å². The lowest BCUT2D eigenvalue weighted by Gasteiger charge is -2.32. The summed E-state index contributed by atoms with van der Waals surface area (Å²) in [5.41, 5.74) is 5.99. The van der Waals surface area contributed by atoms with Crippen LogP contribution in [0.4, 0.5) is 5.69 Å².